The van der Waals surface area contributed by atoms with Gasteiger partial charge in [0.05, 0.1) is 11.0 Å². The lowest BCUT2D eigenvalue weighted by atomic mass is 10.2. The van der Waals surface area contributed by atoms with Crippen molar-refractivity contribution in [3.63, 3.8) is 0 Å². The Labute approximate surface area is 118 Å². The third kappa shape index (κ3) is 3.89. The largest absolute Gasteiger partial charge is 0.297 e. The molecular weight excluding hydrogens is 280 g/mol. The van der Waals surface area contributed by atoms with Crippen LogP contribution in [-0.2, 0) is 20.7 Å². The van der Waals surface area contributed by atoms with E-state index in [1.165, 1.54) is 0 Å². The van der Waals surface area contributed by atoms with Crippen LogP contribution in [0.4, 0.5) is 0 Å². The smallest absolute Gasteiger partial charge is 0.263 e. The number of hydrogen-bond donors (Lipinski definition) is 0. The molecule has 0 saturated carbocycles. The zero-order chi connectivity index (χ0) is 13.9. The molecule has 1 aromatic carbocycles. The van der Waals surface area contributed by atoms with Gasteiger partial charge in [0.15, 0.2) is 0 Å². The summed E-state index contributed by atoms with van der Waals surface area (Å²) < 4.78 is 29.3. The van der Waals surface area contributed by atoms with E-state index in [9.17, 15) is 8.42 Å². The standard InChI is InChI=1S/C14H16O3S2/c1-11-5-7-14(8-6-11)19(15,16)17-12(2)10-13-4-3-9-18-13/h3-9,12H,10H2,1-2H3. The molecule has 1 atom stereocenters. The van der Waals surface area contributed by atoms with Crippen LogP contribution in [0.15, 0.2) is 46.7 Å². The van der Waals surface area contributed by atoms with Crippen molar-refractivity contribution >= 4 is 21.5 Å². The second kappa shape index (κ2) is 5.86. The Morgan fingerprint density at radius 3 is 2.47 bits per heavy atom. The number of rotatable bonds is 5. The van der Waals surface area contributed by atoms with Gasteiger partial charge in [-0.15, -0.1) is 11.3 Å². The van der Waals surface area contributed by atoms with Gasteiger partial charge in [0.2, 0.25) is 0 Å². The Kier molecular flexibility index (Phi) is 4.39. The van der Waals surface area contributed by atoms with Crippen molar-refractivity contribution in [3.8, 4) is 0 Å². The Morgan fingerprint density at radius 1 is 1.21 bits per heavy atom. The Bertz CT molecular complexity index is 613. The van der Waals surface area contributed by atoms with Crippen LogP contribution in [0.5, 0.6) is 0 Å². The number of hydrogen-bond acceptors (Lipinski definition) is 4. The lowest BCUT2D eigenvalue weighted by Crippen LogP contribution is -2.17. The van der Waals surface area contributed by atoms with Crippen LogP contribution in [0.2, 0.25) is 0 Å². The van der Waals surface area contributed by atoms with Crippen molar-refractivity contribution < 1.29 is 12.6 Å². The molecule has 1 unspecified atom stereocenters. The fourth-order valence-electron chi connectivity index (χ4n) is 1.72. The third-order valence-electron chi connectivity index (χ3n) is 2.67. The van der Waals surface area contributed by atoms with Crippen LogP contribution in [0.25, 0.3) is 0 Å². The van der Waals surface area contributed by atoms with Gasteiger partial charge in [-0.3, -0.25) is 4.18 Å². The maximum atomic E-state index is 12.1. The predicted molar refractivity (Wildman–Crippen MR) is 76.9 cm³/mol. The normalized spacial score (nSPS) is 13.4. The molecule has 19 heavy (non-hydrogen) atoms. The van der Waals surface area contributed by atoms with Crippen LogP contribution in [0, 0.1) is 6.92 Å². The molecule has 0 aliphatic rings. The molecule has 0 fully saturated rings. The average Bonchev–Trinajstić information content (AvgIpc) is 2.81. The van der Waals surface area contributed by atoms with Crippen LogP contribution >= 0.6 is 11.3 Å². The lowest BCUT2D eigenvalue weighted by molar-refractivity contribution is 0.230. The highest BCUT2D eigenvalue weighted by molar-refractivity contribution is 7.86. The first-order valence-electron chi connectivity index (χ1n) is 6.00. The molecule has 0 amide bonds. The molecule has 5 heteroatoms. The van der Waals surface area contributed by atoms with Gasteiger partial charge in [0, 0.05) is 11.3 Å². The van der Waals surface area contributed by atoms with Crippen molar-refractivity contribution in [1.82, 2.24) is 0 Å². The molecule has 0 saturated heterocycles. The molecule has 1 heterocycles. The molecule has 0 N–H and O–H groups in total. The lowest BCUT2D eigenvalue weighted by Gasteiger charge is -2.12. The fourth-order valence-corrected chi connectivity index (χ4v) is 3.62. The van der Waals surface area contributed by atoms with E-state index in [1.54, 1.807) is 42.5 Å². The molecule has 0 bridgehead atoms. The van der Waals surface area contributed by atoms with Gasteiger partial charge in [0.25, 0.3) is 10.1 Å². The Balaban J connectivity index is 2.06. The maximum absolute atomic E-state index is 12.1. The molecule has 0 aliphatic carbocycles. The first kappa shape index (κ1) is 14.2. The van der Waals surface area contributed by atoms with E-state index in [0.29, 0.717) is 6.42 Å². The van der Waals surface area contributed by atoms with Crippen molar-refractivity contribution in [2.45, 2.75) is 31.3 Å². The summed E-state index contributed by atoms with van der Waals surface area (Å²) in [5.41, 5.74) is 1.02. The van der Waals surface area contributed by atoms with Crippen LogP contribution < -0.4 is 0 Å². The zero-order valence-electron chi connectivity index (χ0n) is 10.9. The monoisotopic (exact) mass is 296 g/mol. The number of benzene rings is 1. The van der Waals surface area contributed by atoms with Gasteiger partial charge in [-0.1, -0.05) is 23.8 Å². The fraction of sp³-hybridized carbons (Fsp3) is 0.286. The summed E-state index contributed by atoms with van der Waals surface area (Å²) in [5, 5.41) is 1.97. The Morgan fingerprint density at radius 2 is 1.89 bits per heavy atom. The minimum atomic E-state index is -3.67. The van der Waals surface area contributed by atoms with E-state index < -0.39 is 10.1 Å². The highest BCUT2D eigenvalue weighted by Gasteiger charge is 2.19. The van der Waals surface area contributed by atoms with Crippen LogP contribution in [0.3, 0.4) is 0 Å². The first-order chi connectivity index (χ1) is 8.97. The van der Waals surface area contributed by atoms with E-state index in [4.69, 9.17) is 4.18 Å². The molecule has 2 rings (SSSR count). The summed E-state index contributed by atoms with van der Waals surface area (Å²) in [6, 6.07) is 10.6. The topological polar surface area (TPSA) is 43.4 Å². The summed E-state index contributed by atoms with van der Waals surface area (Å²) >= 11 is 1.60. The van der Waals surface area contributed by atoms with E-state index in [0.717, 1.165) is 10.4 Å². The molecule has 2 aromatic rings. The molecule has 1 aromatic heterocycles. The third-order valence-corrected chi connectivity index (χ3v) is 5.00. The molecule has 0 radical (unpaired) electrons. The summed E-state index contributed by atoms with van der Waals surface area (Å²) in [6.45, 7) is 3.68. The SMILES string of the molecule is Cc1ccc(S(=O)(=O)OC(C)Cc2cccs2)cc1. The second-order valence-electron chi connectivity index (χ2n) is 4.46. The highest BCUT2D eigenvalue weighted by Crippen LogP contribution is 2.18. The average molecular weight is 296 g/mol. The molecule has 0 spiro atoms. The van der Waals surface area contributed by atoms with E-state index in [2.05, 4.69) is 0 Å². The second-order valence-corrected chi connectivity index (χ2v) is 7.06. The van der Waals surface area contributed by atoms with E-state index >= 15 is 0 Å². The molecule has 3 nitrogen and oxygen atoms in total. The van der Waals surface area contributed by atoms with E-state index in [-0.39, 0.29) is 11.0 Å². The van der Waals surface area contributed by atoms with Crippen molar-refractivity contribution in [1.29, 1.82) is 0 Å². The molecule has 102 valence electrons. The van der Waals surface area contributed by atoms with Crippen LogP contribution in [-0.4, -0.2) is 14.5 Å². The number of aryl methyl sites for hydroxylation is 1. The van der Waals surface area contributed by atoms with Gasteiger partial charge in [-0.25, -0.2) is 0 Å². The summed E-state index contributed by atoms with van der Waals surface area (Å²) in [6.07, 6.45) is 0.230. The Hall–Kier alpha value is -1.17. The molecular formula is C14H16O3S2. The van der Waals surface area contributed by atoms with Gasteiger partial charge >= 0.3 is 0 Å². The van der Waals surface area contributed by atoms with Gasteiger partial charge in [-0.05, 0) is 37.4 Å². The van der Waals surface area contributed by atoms with Gasteiger partial charge in [0.1, 0.15) is 0 Å². The minimum absolute atomic E-state index is 0.205. The predicted octanol–water partition coefficient (Wildman–Crippen LogP) is 3.39. The quantitative estimate of drug-likeness (QED) is 0.794. The molecule has 0 aliphatic heterocycles. The summed E-state index contributed by atoms with van der Waals surface area (Å²) in [7, 11) is -3.67. The van der Waals surface area contributed by atoms with Gasteiger partial charge in [-0.2, -0.15) is 8.42 Å². The number of thiophene rings is 1. The van der Waals surface area contributed by atoms with Gasteiger partial charge < -0.3 is 0 Å². The minimum Gasteiger partial charge on any atom is -0.263 e. The van der Waals surface area contributed by atoms with Crippen molar-refractivity contribution in [2.24, 2.45) is 0 Å². The highest BCUT2D eigenvalue weighted by atomic mass is 32.2. The zero-order valence-corrected chi connectivity index (χ0v) is 12.5. The van der Waals surface area contributed by atoms with Crippen LogP contribution in [0.1, 0.15) is 17.4 Å². The van der Waals surface area contributed by atoms with Crippen molar-refractivity contribution in [2.75, 3.05) is 0 Å². The maximum Gasteiger partial charge on any atom is 0.297 e. The van der Waals surface area contributed by atoms with E-state index in [1.807, 2.05) is 24.4 Å². The first-order valence-corrected chi connectivity index (χ1v) is 8.28. The summed E-state index contributed by atoms with van der Waals surface area (Å²) in [4.78, 5) is 1.32. The summed E-state index contributed by atoms with van der Waals surface area (Å²) in [5.74, 6) is 0. The van der Waals surface area contributed by atoms with Crippen molar-refractivity contribution in [3.05, 3.63) is 52.2 Å².